The summed E-state index contributed by atoms with van der Waals surface area (Å²) in [5.74, 6) is 0. The van der Waals surface area contributed by atoms with E-state index in [1.54, 1.807) is 0 Å². The van der Waals surface area contributed by atoms with E-state index in [2.05, 4.69) is 36.2 Å². The number of hydrogen-bond donors (Lipinski definition) is 0. The first-order valence-electron chi connectivity index (χ1n) is 6.60. The molecule has 0 spiro atoms. The quantitative estimate of drug-likeness (QED) is 0.709. The lowest BCUT2D eigenvalue weighted by atomic mass is 10.1. The van der Waals surface area contributed by atoms with Gasteiger partial charge in [-0.15, -0.1) is 0 Å². The van der Waals surface area contributed by atoms with Gasteiger partial charge in [-0.2, -0.15) is 5.26 Å². The summed E-state index contributed by atoms with van der Waals surface area (Å²) in [6.07, 6.45) is 2.64. The van der Waals surface area contributed by atoms with Crippen molar-refractivity contribution in [2.75, 3.05) is 0 Å². The summed E-state index contributed by atoms with van der Waals surface area (Å²) in [6, 6.07) is 14.6. The number of aryl methyl sites for hydroxylation is 2. The Morgan fingerprint density at radius 3 is 2.75 bits per heavy atom. The molecular formula is C17H15N3. The summed E-state index contributed by atoms with van der Waals surface area (Å²) in [4.78, 5) is 4.59. The summed E-state index contributed by atoms with van der Waals surface area (Å²) in [7, 11) is 0. The van der Waals surface area contributed by atoms with Gasteiger partial charge in [-0.3, -0.25) is 4.40 Å². The highest BCUT2D eigenvalue weighted by molar-refractivity contribution is 5.49. The normalized spacial score (nSPS) is 10.7. The number of hydrogen-bond acceptors (Lipinski definition) is 2. The third-order valence-electron chi connectivity index (χ3n) is 3.40. The number of rotatable bonds is 2. The van der Waals surface area contributed by atoms with Crippen LogP contribution >= 0.6 is 0 Å². The Bertz CT molecular complexity index is 822. The smallest absolute Gasteiger partial charge is 0.148 e. The van der Waals surface area contributed by atoms with Gasteiger partial charge in [-0.05, 0) is 31.0 Å². The van der Waals surface area contributed by atoms with E-state index in [4.69, 9.17) is 0 Å². The first kappa shape index (κ1) is 12.4. The molecule has 0 fully saturated rings. The van der Waals surface area contributed by atoms with Crippen molar-refractivity contribution >= 4 is 5.65 Å². The van der Waals surface area contributed by atoms with E-state index in [0.29, 0.717) is 12.1 Å². The van der Waals surface area contributed by atoms with E-state index in [-0.39, 0.29) is 0 Å². The second-order valence-electron chi connectivity index (χ2n) is 5.12. The van der Waals surface area contributed by atoms with Gasteiger partial charge in [0.1, 0.15) is 17.4 Å². The summed E-state index contributed by atoms with van der Waals surface area (Å²) >= 11 is 0. The number of pyridine rings is 1. The number of nitriles is 1. The van der Waals surface area contributed by atoms with Crippen LogP contribution in [0.4, 0.5) is 0 Å². The molecule has 0 saturated carbocycles. The molecule has 0 N–H and O–H groups in total. The van der Waals surface area contributed by atoms with Gasteiger partial charge in [0.05, 0.1) is 5.69 Å². The number of aromatic nitrogens is 2. The largest absolute Gasteiger partial charge is 0.291 e. The van der Waals surface area contributed by atoms with Crippen molar-refractivity contribution in [3.8, 4) is 6.07 Å². The molecule has 2 heterocycles. The van der Waals surface area contributed by atoms with Gasteiger partial charge < -0.3 is 0 Å². The molecule has 3 nitrogen and oxygen atoms in total. The first-order valence-corrected chi connectivity index (χ1v) is 6.60. The Balaban J connectivity index is 2.10. The van der Waals surface area contributed by atoms with Crippen LogP contribution in [-0.2, 0) is 6.42 Å². The maximum absolute atomic E-state index is 9.42. The van der Waals surface area contributed by atoms with Crippen LogP contribution in [0.25, 0.3) is 5.65 Å². The standard InChI is InChI=1S/C17H15N3/c1-12-4-3-5-14(8-12)9-15-16(10-18)20-11-13(2)6-7-17(20)19-15/h3-8,11H,9H2,1-2H3. The Labute approximate surface area is 118 Å². The minimum Gasteiger partial charge on any atom is -0.291 e. The van der Waals surface area contributed by atoms with E-state index in [9.17, 15) is 5.26 Å². The highest BCUT2D eigenvalue weighted by Gasteiger charge is 2.12. The second-order valence-corrected chi connectivity index (χ2v) is 5.12. The topological polar surface area (TPSA) is 41.1 Å². The van der Waals surface area contributed by atoms with E-state index in [0.717, 1.165) is 16.9 Å². The number of nitrogens with zero attached hydrogens (tertiary/aromatic N) is 3. The van der Waals surface area contributed by atoms with Crippen LogP contribution in [-0.4, -0.2) is 9.38 Å². The van der Waals surface area contributed by atoms with Gasteiger partial charge in [-0.25, -0.2) is 4.98 Å². The molecular weight excluding hydrogens is 246 g/mol. The Morgan fingerprint density at radius 1 is 1.15 bits per heavy atom. The monoisotopic (exact) mass is 261 g/mol. The van der Waals surface area contributed by atoms with Gasteiger partial charge in [-0.1, -0.05) is 35.9 Å². The summed E-state index contributed by atoms with van der Waals surface area (Å²) in [5.41, 5.74) is 5.82. The molecule has 2 aromatic heterocycles. The van der Waals surface area contributed by atoms with Crippen molar-refractivity contribution in [1.82, 2.24) is 9.38 Å². The molecule has 0 unspecified atom stereocenters. The predicted molar refractivity (Wildman–Crippen MR) is 78.6 cm³/mol. The zero-order valence-corrected chi connectivity index (χ0v) is 11.6. The van der Waals surface area contributed by atoms with Gasteiger partial charge in [0, 0.05) is 12.6 Å². The average Bonchev–Trinajstić information content (AvgIpc) is 2.75. The van der Waals surface area contributed by atoms with Gasteiger partial charge >= 0.3 is 0 Å². The summed E-state index contributed by atoms with van der Waals surface area (Å²) in [6.45, 7) is 4.09. The Hall–Kier alpha value is -2.60. The lowest BCUT2D eigenvalue weighted by molar-refractivity contribution is 1.08. The van der Waals surface area contributed by atoms with Gasteiger partial charge in [0.15, 0.2) is 0 Å². The molecule has 0 aliphatic rings. The lowest BCUT2D eigenvalue weighted by Crippen LogP contribution is -1.94. The van der Waals surface area contributed by atoms with E-state index in [1.165, 1.54) is 11.1 Å². The molecule has 0 amide bonds. The molecule has 0 bridgehead atoms. The average molecular weight is 261 g/mol. The fraction of sp³-hybridized carbons (Fsp3) is 0.176. The SMILES string of the molecule is Cc1cccc(Cc2nc3ccc(C)cn3c2C#N)c1. The van der Waals surface area contributed by atoms with Crippen LogP contribution in [0.15, 0.2) is 42.6 Å². The minimum absolute atomic E-state index is 0.630. The molecule has 0 aliphatic carbocycles. The van der Waals surface area contributed by atoms with E-state index in [1.807, 2.05) is 35.7 Å². The molecule has 0 aliphatic heterocycles. The van der Waals surface area contributed by atoms with Crippen LogP contribution in [0, 0.1) is 25.2 Å². The minimum atomic E-state index is 0.630. The van der Waals surface area contributed by atoms with Crippen molar-refractivity contribution in [1.29, 1.82) is 5.26 Å². The van der Waals surface area contributed by atoms with Crippen molar-refractivity contribution in [2.45, 2.75) is 20.3 Å². The summed E-state index contributed by atoms with van der Waals surface area (Å²) in [5, 5.41) is 9.42. The zero-order chi connectivity index (χ0) is 14.1. The third kappa shape index (κ3) is 2.17. The number of imidazole rings is 1. The van der Waals surface area contributed by atoms with Gasteiger partial charge in [0.2, 0.25) is 0 Å². The Kier molecular flexibility index (Phi) is 3.00. The third-order valence-corrected chi connectivity index (χ3v) is 3.40. The molecule has 98 valence electrons. The predicted octanol–water partition coefficient (Wildman–Crippen LogP) is 3.41. The first-order chi connectivity index (χ1) is 9.67. The molecule has 0 saturated heterocycles. The highest BCUT2D eigenvalue weighted by atomic mass is 15.0. The van der Waals surface area contributed by atoms with Crippen molar-refractivity contribution in [3.05, 3.63) is 70.7 Å². The lowest BCUT2D eigenvalue weighted by Gasteiger charge is -2.00. The molecule has 0 radical (unpaired) electrons. The van der Waals surface area contributed by atoms with Crippen LogP contribution in [0.5, 0.6) is 0 Å². The Morgan fingerprint density at radius 2 is 2.00 bits per heavy atom. The second kappa shape index (κ2) is 4.82. The van der Waals surface area contributed by atoms with Crippen LogP contribution in [0.2, 0.25) is 0 Å². The fourth-order valence-electron chi connectivity index (χ4n) is 2.46. The van der Waals surface area contributed by atoms with Crippen molar-refractivity contribution in [2.24, 2.45) is 0 Å². The molecule has 1 aromatic carbocycles. The number of fused-ring (bicyclic) bond motifs is 1. The molecule has 20 heavy (non-hydrogen) atoms. The zero-order valence-electron chi connectivity index (χ0n) is 11.6. The summed E-state index contributed by atoms with van der Waals surface area (Å²) < 4.78 is 1.88. The van der Waals surface area contributed by atoms with E-state index >= 15 is 0 Å². The molecule has 3 rings (SSSR count). The molecule has 0 atom stereocenters. The van der Waals surface area contributed by atoms with Crippen molar-refractivity contribution in [3.63, 3.8) is 0 Å². The molecule has 3 aromatic rings. The van der Waals surface area contributed by atoms with Crippen molar-refractivity contribution < 1.29 is 0 Å². The highest BCUT2D eigenvalue weighted by Crippen LogP contribution is 2.17. The van der Waals surface area contributed by atoms with Crippen LogP contribution < -0.4 is 0 Å². The fourth-order valence-corrected chi connectivity index (χ4v) is 2.46. The van der Waals surface area contributed by atoms with E-state index < -0.39 is 0 Å². The molecule has 3 heteroatoms. The number of benzene rings is 1. The van der Waals surface area contributed by atoms with Gasteiger partial charge in [0.25, 0.3) is 0 Å². The van der Waals surface area contributed by atoms with Crippen LogP contribution in [0.1, 0.15) is 28.1 Å². The van der Waals surface area contributed by atoms with Crippen LogP contribution in [0.3, 0.4) is 0 Å². The maximum atomic E-state index is 9.42. The maximum Gasteiger partial charge on any atom is 0.148 e.